The van der Waals surface area contributed by atoms with Crippen LogP contribution in [0.15, 0.2) is 54.6 Å². The average molecular weight is 507 g/mol. The Morgan fingerprint density at radius 2 is 1.51 bits per heavy atom. The SMILES string of the molecule is CN1CCN(CC(=O)N2CCCCCCN(C)C(=O)c3ccccc3OC[C@@H]2Cc2ccccc2)CC1. The summed E-state index contributed by atoms with van der Waals surface area (Å²) in [4.78, 5) is 35.4. The number of carbonyl (C=O) groups is 2. The number of amides is 2. The first-order valence-electron chi connectivity index (χ1n) is 13.7. The maximum Gasteiger partial charge on any atom is 0.257 e. The normalized spacial score (nSPS) is 21.1. The Kier molecular flexibility index (Phi) is 9.97. The van der Waals surface area contributed by atoms with Gasteiger partial charge in [-0.3, -0.25) is 14.5 Å². The van der Waals surface area contributed by atoms with Crippen LogP contribution >= 0.6 is 0 Å². The minimum Gasteiger partial charge on any atom is -0.491 e. The highest BCUT2D eigenvalue weighted by atomic mass is 16.5. The van der Waals surface area contributed by atoms with Gasteiger partial charge in [-0.15, -0.1) is 0 Å². The largest absolute Gasteiger partial charge is 0.491 e. The molecule has 2 aliphatic rings. The smallest absolute Gasteiger partial charge is 0.257 e. The van der Waals surface area contributed by atoms with Crippen LogP contribution in [0.5, 0.6) is 5.75 Å². The molecule has 2 amide bonds. The van der Waals surface area contributed by atoms with Crippen molar-refractivity contribution >= 4 is 11.8 Å². The second kappa shape index (κ2) is 13.6. The van der Waals surface area contributed by atoms with Crippen molar-refractivity contribution in [2.45, 2.75) is 38.1 Å². The molecule has 1 atom stereocenters. The third kappa shape index (κ3) is 7.79. The van der Waals surface area contributed by atoms with E-state index in [0.717, 1.165) is 65.0 Å². The highest BCUT2D eigenvalue weighted by molar-refractivity contribution is 5.96. The van der Waals surface area contributed by atoms with Crippen LogP contribution in [-0.4, -0.2) is 104 Å². The Labute approximate surface area is 222 Å². The molecular formula is C30H42N4O3. The summed E-state index contributed by atoms with van der Waals surface area (Å²) >= 11 is 0. The Morgan fingerprint density at radius 1 is 0.838 bits per heavy atom. The first kappa shape index (κ1) is 27.1. The molecule has 2 heterocycles. The van der Waals surface area contributed by atoms with E-state index in [0.29, 0.717) is 30.9 Å². The van der Waals surface area contributed by atoms with Gasteiger partial charge in [0.1, 0.15) is 12.4 Å². The molecule has 2 aliphatic heterocycles. The van der Waals surface area contributed by atoms with E-state index in [2.05, 4.69) is 33.9 Å². The van der Waals surface area contributed by atoms with Gasteiger partial charge in [0.05, 0.1) is 18.2 Å². The summed E-state index contributed by atoms with van der Waals surface area (Å²) in [6.45, 7) is 6.04. The van der Waals surface area contributed by atoms with Gasteiger partial charge in [-0.25, -0.2) is 0 Å². The van der Waals surface area contributed by atoms with E-state index in [1.54, 1.807) is 4.90 Å². The quantitative estimate of drug-likeness (QED) is 0.636. The summed E-state index contributed by atoms with van der Waals surface area (Å²) in [5.41, 5.74) is 1.76. The van der Waals surface area contributed by atoms with Crippen molar-refractivity contribution in [1.29, 1.82) is 0 Å². The number of fused-ring (bicyclic) bond motifs is 1. The number of para-hydroxylation sites is 1. The summed E-state index contributed by atoms with van der Waals surface area (Å²) < 4.78 is 6.36. The molecule has 1 saturated heterocycles. The number of hydrogen-bond acceptors (Lipinski definition) is 5. The van der Waals surface area contributed by atoms with Gasteiger partial charge in [-0.2, -0.15) is 0 Å². The van der Waals surface area contributed by atoms with Crippen molar-refractivity contribution in [2.75, 3.05) is 66.5 Å². The van der Waals surface area contributed by atoms with Crippen molar-refractivity contribution in [2.24, 2.45) is 0 Å². The molecule has 0 N–H and O–H groups in total. The monoisotopic (exact) mass is 506 g/mol. The zero-order chi connectivity index (χ0) is 26.0. The summed E-state index contributed by atoms with van der Waals surface area (Å²) in [6.07, 6.45) is 4.70. The number of rotatable bonds is 4. The fraction of sp³-hybridized carbons (Fsp3) is 0.533. The van der Waals surface area contributed by atoms with Crippen molar-refractivity contribution in [1.82, 2.24) is 19.6 Å². The first-order valence-corrected chi connectivity index (χ1v) is 13.7. The molecule has 0 radical (unpaired) electrons. The molecule has 1 fully saturated rings. The van der Waals surface area contributed by atoms with Gasteiger partial charge in [-0.05, 0) is 44.0 Å². The third-order valence-corrected chi connectivity index (χ3v) is 7.57. The van der Waals surface area contributed by atoms with Crippen LogP contribution in [0.4, 0.5) is 0 Å². The molecular weight excluding hydrogens is 464 g/mol. The van der Waals surface area contributed by atoms with Crippen LogP contribution in [0, 0.1) is 0 Å². The highest BCUT2D eigenvalue weighted by Crippen LogP contribution is 2.22. The van der Waals surface area contributed by atoms with Gasteiger partial charge in [0.2, 0.25) is 5.91 Å². The van der Waals surface area contributed by atoms with Crippen molar-refractivity contribution < 1.29 is 14.3 Å². The van der Waals surface area contributed by atoms with Gasteiger partial charge in [-0.1, -0.05) is 55.3 Å². The van der Waals surface area contributed by atoms with E-state index in [4.69, 9.17) is 4.74 Å². The van der Waals surface area contributed by atoms with Gasteiger partial charge in [0.25, 0.3) is 5.91 Å². The van der Waals surface area contributed by atoms with Crippen molar-refractivity contribution in [3.63, 3.8) is 0 Å². The average Bonchev–Trinajstić information content (AvgIpc) is 2.92. The van der Waals surface area contributed by atoms with Crippen LogP contribution in [0.25, 0.3) is 0 Å². The van der Waals surface area contributed by atoms with Gasteiger partial charge >= 0.3 is 0 Å². The molecule has 7 nitrogen and oxygen atoms in total. The lowest BCUT2D eigenvalue weighted by atomic mass is 10.0. The fourth-order valence-electron chi connectivity index (χ4n) is 5.19. The van der Waals surface area contributed by atoms with Gasteiger partial charge in [0.15, 0.2) is 0 Å². The number of ether oxygens (including phenoxy) is 1. The number of likely N-dealkylation sites (N-methyl/N-ethyl adjacent to an activating group) is 1. The zero-order valence-electron chi connectivity index (χ0n) is 22.5. The minimum absolute atomic E-state index is 0.0183. The van der Waals surface area contributed by atoms with E-state index in [-0.39, 0.29) is 17.9 Å². The number of carbonyl (C=O) groups excluding carboxylic acids is 2. The summed E-state index contributed by atoms with van der Waals surface area (Å²) in [6, 6.07) is 17.7. The molecule has 0 aliphatic carbocycles. The van der Waals surface area contributed by atoms with Crippen molar-refractivity contribution in [3.8, 4) is 5.75 Å². The van der Waals surface area contributed by atoms with Gasteiger partial charge < -0.3 is 19.4 Å². The summed E-state index contributed by atoms with van der Waals surface area (Å²) in [7, 11) is 4.00. The lowest BCUT2D eigenvalue weighted by Crippen LogP contribution is -2.52. The van der Waals surface area contributed by atoms with E-state index in [1.165, 1.54) is 5.56 Å². The molecule has 2 aromatic carbocycles. The Balaban J connectivity index is 1.59. The minimum atomic E-state index is -0.119. The molecule has 0 bridgehead atoms. The molecule has 4 rings (SSSR count). The molecule has 0 aromatic heterocycles. The van der Waals surface area contributed by atoms with Crippen LogP contribution in [0.1, 0.15) is 41.6 Å². The molecule has 2 aromatic rings. The van der Waals surface area contributed by atoms with E-state index in [9.17, 15) is 9.59 Å². The standard InChI is InChI=1S/C30H42N4O3/c1-31-18-20-33(21-19-31)23-29(35)34-17-11-4-3-10-16-32(2)30(36)27-14-8-9-15-28(27)37-24-26(34)22-25-12-6-5-7-13-25/h5-9,12-15,26H,3-4,10-11,16-24H2,1-2H3/t26-/m0/s1. The maximum atomic E-state index is 13.8. The molecule has 200 valence electrons. The number of hydrogen-bond donors (Lipinski definition) is 0. The van der Waals surface area contributed by atoms with Gasteiger partial charge in [0, 0.05) is 46.3 Å². The second-order valence-electron chi connectivity index (χ2n) is 10.5. The topological polar surface area (TPSA) is 56.3 Å². The lowest BCUT2D eigenvalue weighted by Gasteiger charge is -2.36. The number of nitrogens with zero attached hydrogens (tertiary/aromatic N) is 4. The fourth-order valence-corrected chi connectivity index (χ4v) is 5.19. The predicted molar refractivity (Wildman–Crippen MR) is 147 cm³/mol. The molecule has 7 heteroatoms. The molecule has 0 spiro atoms. The molecule has 0 saturated carbocycles. The summed E-state index contributed by atoms with van der Waals surface area (Å²) in [5.74, 6) is 0.737. The predicted octanol–water partition coefficient (Wildman–Crippen LogP) is 3.40. The van der Waals surface area contributed by atoms with E-state index in [1.807, 2.05) is 49.5 Å². The van der Waals surface area contributed by atoms with Crippen molar-refractivity contribution in [3.05, 3.63) is 65.7 Å². The highest BCUT2D eigenvalue weighted by Gasteiger charge is 2.28. The van der Waals surface area contributed by atoms with E-state index >= 15 is 0 Å². The Morgan fingerprint density at radius 3 is 2.27 bits per heavy atom. The second-order valence-corrected chi connectivity index (χ2v) is 10.5. The zero-order valence-corrected chi connectivity index (χ0v) is 22.5. The molecule has 37 heavy (non-hydrogen) atoms. The lowest BCUT2D eigenvalue weighted by molar-refractivity contribution is -0.136. The van der Waals surface area contributed by atoms with Crippen LogP contribution in [-0.2, 0) is 11.2 Å². The van der Waals surface area contributed by atoms with Crippen LogP contribution in [0.3, 0.4) is 0 Å². The maximum absolute atomic E-state index is 13.8. The van der Waals surface area contributed by atoms with Crippen LogP contribution in [0.2, 0.25) is 0 Å². The number of benzene rings is 2. The Hall–Kier alpha value is -2.90. The van der Waals surface area contributed by atoms with E-state index < -0.39 is 0 Å². The Bertz CT molecular complexity index is 1010. The van der Waals surface area contributed by atoms with Crippen LogP contribution < -0.4 is 4.74 Å². The third-order valence-electron chi connectivity index (χ3n) is 7.57. The number of piperazine rings is 1. The molecule has 0 unspecified atom stereocenters. The summed E-state index contributed by atoms with van der Waals surface area (Å²) in [5, 5.41) is 0. The first-order chi connectivity index (χ1) is 18.0.